The number of carbonyl (C=O) groups excluding carboxylic acids is 2. The zero-order valence-corrected chi connectivity index (χ0v) is 11.6. The Kier molecular flexibility index (Phi) is 3.62. The van der Waals surface area contributed by atoms with E-state index in [1.165, 1.54) is 0 Å². The molecule has 2 atom stereocenters. The number of rotatable bonds is 3. The zero-order chi connectivity index (χ0) is 14.8. The second-order valence-electron chi connectivity index (χ2n) is 5.31. The molecule has 0 saturated carbocycles. The highest BCUT2D eigenvalue weighted by Gasteiger charge is 2.24. The molecule has 3 amide bonds. The molecule has 4 N–H and O–H groups in total. The van der Waals surface area contributed by atoms with Crippen molar-refractivity contribution in [3.63, 3.8) is 0 Å². The van der Waals surface area contributed by atoms with E-state index in [1.54, 1.807) is 11.0 Å². The van der Waals surface area contributed by atoms with Crippen molar-refractivity contribution in [2.75, 3.05) is 23.3 Å². The maximum atomic E-state index is 12.1. The Balaban J connectivity index is 1.70. The molecule has 6 nitrogen and oxygen atoms in total. The number of anilines is 2. The lowest BCUT2D eigenvalue weighted by Gasteiger charge is -2.16. The van der Waals surface area contributed by atoms with E-state index in [-0.39, 0.29) is 23.9 Å². The summed E-state index contributed by atoms with van der Waals surface area (Å²) in [5, 5.41) is 5.63. The molecule has 1 saturated heterocycles. The molecule has 21 heavy (non-hydrogen) atoms. The van der Waals surface area contributed by atoms with E-state index < -0.39 is 0 Å². The minimum atomic E-state index is -0.182. The Morgan fingerprint density at radius 2 is 2.24 bits per heavy atom. The molecule has 0 radical (unpaired) electrons. The van der Waals surface area contributed by atoms with Gasteiger partial charge in [-0.25, -0.2) is 4.79 Å². The van der Waals surface area contributed by atoms with Gasteiger partial charge in [0.25, 0.3) is 0 Å². The molecular weight excluding hydrogens is 268 g/mol. The minimum Gasteiger partial charge on any atom is -0.336 e. The third-order valence-electron chi connectivity index (χ3n) is 3.74. The molecule has 2 unspecified atom stereocenters. The summed E-state index contributed by atoms with van der Waals surface area (Å²) < 4.78 is 0. The lowest BCUT2D eigenvalue weighted by molar-refractivity contribution is -0.118. The van der Waals surface area contributed by atoms with Crippen LogP contribution < -0.4 is 21.3 Å². The fourth-order valence-electron chi connectivity index (χ4n) is 2.63. The van der Waals surface area contributed by atoms with E-state index in [2.05, 4.69) is 10.6 Å². The summed E-state index contributed by atoms with van der Waals surface area (Å²) in [4.78, 5) is 25.5. The van der Waals surface area contributed by atoms with Gasteiger partial charge in [0.2, 0.25) is 5.91 Å². The van der Waals surface area contributed by atoms with Crippen LogP contribution in [0, 0.1) is 5.92 Å². The van der Waals surface area contributed by atoms with Crippen LogP contribution >= 0.6 is 0 Å². The van der Waals surface area contributed by atoms with E-state index in [0.29, 0.717) is 25.2 Å². The van der Waals surface area contributed by atoms with Crippen LogP contribution in [0.1, 0.15) is 6.42 Å². The number of amides is 3. The average Bonchev–Trinajstić information content (AvgIpc) is 3.08. The van der Waals surface area contributed by atoms with Crippen molar-refractivity contribution in [3.05, 3.63) is 36.4 Å². The average molecular weight is 286 g/mol. The monoisotopic (exact) mass is 286 g/mol. The molecule has 0 bridgehead atoms. The molecule has 110 valence electrons. The summed E-state index contributed by atoms with van der Waals surface area (Å²) >= 11 is 0. The number of carbonyl (C=O) groups is 2. The molecule has 1 aromatic rings. The topological polar surface area (TPSA) is 87.5 Å². The van der Waals surface area contributed by atoms with Gasteiger partial charge >= 0.3 is 6.03 Å². The van der Waals surface area contributed by atoms with Crippen LogP contribution in [-0.4, -0.2) is 31.1 Å². The summed E-state index contributed by atoms with van der Waals surface area (Å²) in [7, 11) is 0. The quantitative estimate of drug-likeness (QED) is 0.726. The van der Waals surface area contributed by atoms with Crippen LogP contribution in [0.15, 0.2) is 36.4 Å². The Morgan fingerprint density at radius 3 is 2.90 bits per heavy atom. The van der Waals surface area contributed by atoms with Gasteiger partial charge in [0, 0.05) is 30.5 Å². The van der Waals surface area contributed by atoms with Crippen molar-refractivity contribution in [2.24, 2.45) is 11.7 Å². The maximum Gasteiger partial charge on any atom is 0.321 e. The fourth-order valence-corrected chi connectivity index (χ4v) is 2.63. The molecule has 0 spiro atoms. The minimum absolute atomic E-state index is 0.0413. The van der Waals surface area contributed by atoms with E-state index in [0.717, 1.165) is 5.69 Å². The SMILES string of the molecule is NC1C=CC(C(=O)Nc2cccc(N3CCNC3=O)c2)C1. The lowest BCUT2D eigenvalue weighted by Crippen LogP contribution is -2.28. The largest absolute Gasteiger partial charge is 0.336 e. The van der Waals surface area contributed by atoms with Crippen LogP contribution in [0.25, 0.3) is 0 Å². The number of hydrogen-bond donors (Lipinski definition) is 3. The highest BCUT2D eigenvalue weighted by Crippen LogP contribution is 2.23. The van der Waals surface area contributed by atoms with Crippen molar-refractivity contribution < 1.29 is 9.59 Å². The molecule has 1 heterocycles. The van der Waals surface area contributed by atoms with Gasteiger partial charge in [0.15, 0.2) is 0 Å². The number of benzene rings is 1. The number of nitrogens with zero attached hydrogens (tertiary/aromatic N) is 1. The first-order chi connectivity index (χ1) is 10.1. The van der Waals surface area contributed by atoms with Gasteiger partial charge in [-0.2, -0.15) is 0 Å². The van der Waals surface area contributed by atoms with Gasteiger partial charge in [-0.1, -0.05) is 18.2 Å². The number of urea groups is 1. The van der Waals surface area contributed by atoms with Crippen LogP contribution in [-0.2, 0) is 4.79 Å². The van der Waals surface area contributed by atoms with Gasteiger partial charge in [-0.15, -0.1) is 0 Å². The van der Waals surface area contributed by atoms with Crippen molar-refractivity contribution in [1.82, 2.24) is 5.32 Å². The van der Waals surface area contributed by atoms with Gasteiger partial charge < -0.3 is 16.4 Å². The van der Waals surface area contributed by atoms with Crippen molar-refractivity contribution >= 4 is 23.3 Å². The maximum absolute atomic E-state index is 12.1. The molecule has 0 aromatic heterocycles. The molecule has 3 rings (SSSR count). The summed E-state index contributed by atoms with van der Waals surface area (Å²) in [5.41, 5.74) is 7.23. The standard InChI is InChI=1S/C15H18N4O2/c16-11-5-4-10(8-11)14(20)18-12-2-1-3-13(9-12)19-7-6-17-15(19)21/h1-5,9-11H,6-8,16H2,(H,17,21)(H,18,20). The van der Waals surface area contributed by atoms with Crippen LogP contribution in [0.4, 0.5) is 16.2 Å². The summed E-state index contributed by atoms with van der Waals surface area (Å²) in [6.07, 6.45) is 4.34. The van der Waals surface area contributed by atoms with Gasteiger partial charge in [0.1, 0.15) is 0 Å². The van der Waals surface area contributed by atoms with Crippen molar-refractivity contribution in [2.45, 2.75) is 12.5 Å². The predicted molar refractivity (Wildman–Crippen MR) is 81.0 cm³/mol. The fraction of sp³-hybridized carbons (Fsp3) is 0.333. The normalized spacial score (nSPS) is 24.2. The third-order valence-corrected chi connectivity index (χ3v) is 3.74. The Morgan fingerprint density at radius 1 is 1.38 bits per heavy atom. The highest BCUT2D eigenvalue weighted by atomic mass is 16.2. The lowest BCUT2D eigenvalue weighted by atomic mass is 10.1. The molecule has 2 aliphatic rings. The van der Waals surface area contributed by atoms with Crippen molar-refractivity contribution in [1.29, 1.82) is 0 Å². The zero-order valence-electron chi connectivity index (χ0n) is 11.6. The molecule has 1 fully saturated rings. The van der Waals surface area contributed by atoms with Gasteiger partial charge in [0.05, 0.1) is 5.92 Å². The van der Waals surface area contributed by atoms with Gasteiger partial charge in [-0.05, 0) is 24.6 Å². The molecule has 1 aromatic carbocycles. The van der Waals surface area contributed by atoms with Gasteiger partial charge in [-0.3, -0.25) is 9.69 Å². The summed E-state index contributed by atoms with van der Waals surface area (Å²) in [5.74, 6) is -0.249. The van der Waals surface area contributed by atoms with E-state index >= 15 is 0 Å². The number of nitrogens with one attached hydrogen (secondary N) is 2. The first-order valence-corrected chi connectivity index (χ1v) is 7.04. The number of hydrogen-bond acceptors (Lipinski definition) is 3. The van der Waals surface area contributed by atoms with E-state index in [9.17, 15) is 9.59 Å². The third kappa shape index (κ3) is 2.90. The first kappa shape index (κ1) is 13.6. The molecule has 1 aliphatic heterocycles. The van der Waals surface area contributed by atoms with E-state index in [1.807, 2.05) is 30.4 Å². The van der Waals surface area contributed by atoms with Crippen LogP contribution in [0.5, 0.6) is 0 Å². The highest BCUT2D eigenvalue weighted by molar-refractivity contribution is 5.97. The Labute approximate surface area is 123 Å². The Hall–Kier alpha value is -2.34. The van der Waals surface area contributed by atoms with E-state index in [4.69, 9.17) is 5.73 Å². The summed E-state index contributed by atoms with van der Waals surface area (Å²) in [6.45, 7) is 1.27. The first-order valence-electron chi connectivity index (χ1n) is 7.04. The molecular formula is C15H18N4O2. The molecule has 6 heteroatoms. The second-order valence-corrected chi connectivity index (χ2v) is 5.31. The predicted octanol–water partition coefficient (Wildman–Crippen LogP) is 1.06. The Bertz CT molecular complexity index is 599. The number of nitrogens with two attached hydrogens (primary N) is 1. The van der Waals surface area contributed by atoms with Crippen LogP contribution in [0.2, 0.25) is 0 Å². The molecule has 1 aliphatic carbocycles. The second kappa shape index (κ2) is 5.57. The van der Waals surface area contributed by atoms with Crippen molar-refractivity contribution in [3.8, 4) is 0 Å². The summed E-state index contributed by atoms with van der Waals surface area (Å²) in [6, 6.07) is 7.15. The van der Waals surface area contributed by atoms with Crippen LogP contribution in [0.3, 0.4) is 0 Å². The smallest absolute Gasteiger partial charge is 0.321 e.